The van der Waals surface area contributed by atoms with Crippen molar-refractivity contribution >= 4 is 0 Å². The number of ether oxygens (including phenoxy) is 1. The fraction of sp³-hybridized carbons (Fsp3) is 0.611. The summed E-state index contributed by atoms with van der Waals surface area (Å²) in [5, 5.41) is 4.13. The zero-order valence-electron chi connectivity index (χ0n) is 14.2. The molecule has 0 N–H and O–H groups in total. The van der Waals surface area contributed by atoms with Crippen LogP contribution in [-0.2, 0) is 17.8 Å². The molecule has 23 heavy (non-hydrogen) atoms. The van der Waals surface area contributed by atoms with Crippen molar-refractivity contribution in [1.82, 2.24) is 10.1 Å². The van der Waals surface area contributed by atoms with E-state index < -0.39 is 0 Å². The van der Waals surface area contributed by atoms with Gasteiger partial charge in [-0.25, -0.2) is 0 Å². The minimum Gasteiger partial charge on any atom is -0.462 e. The summed E-state index contributed by atoms with van der Waals surface area (Å²) >= 11 is 0. The first kappa shape index (κ1) is 16.3. The molecule has 1 atom stereocenters. The summed E-state index contributed by atoms with van der Waals surface area (Å²) in [5.41, 5.74) is 0.957. The van der Waals surface area contributed by atoms with Crippen molar-refractivity contribution in [3.05, 3.63) is 41.2 Å². The van der Waals surface area contributed by atoms with E-state index in [1.54, 1.807) is 0 Å². The van der Waals surface area contributed by atoms with Crippen LogP contribution in [0.15, 0.2) is 27.1 Å². The quantitative estimate of drug-likeness (QED) is 0.796. The maximum absolute atomic E-state index is 5.96. The third kappa shape index (κ3) is 4.24. The predicted octanol–water partition coefficient (Wildman–Crippen LogP) is 4.26. The summed E-state index contributed by atoms with van der Waals surface area (Å²) < 4.78 is 17.1. The molecule has 0 spiro atoms. The Morgan fingerprint density at radius 1 is 1.26 bits per heavy atom. The molecule has 1 fully saturated rings. The fourth-order valence-corrected chi connectivity index (χ4v) is 2.89. The van der Waals surface area contributed by atoms with Crippen LogP contribution in [0.2, 0.25) is 0 Å². The number of nitrogens with zero attached hydrogens (tertiary/aromatic N) is 2. The van der Waals surface area contributed by atoms with E-state index in [-0.39, 0.29) is 6.10 Å². The largest absolute Gasteiger partial charge is 0.462 e. The summed E-state index contributed by atoms with van der Waals surface area (Å²) in [4.78, 5) is 2.17. The Bertz CT molecular complexity index is 611. The van der Waals surface area contributed by atoms with Crippen LogP contribution in [0, 0.1) is 0 Å². The monoisotopic (exact) mass is 318 g/mol. The lowest BCUT2D eigenvalue weighted by Crippen LogP contribution is -2.17. The third-order valence-corrected chi connectivity index (χ3v) is 4.18. The lowest BCUT2D eigenvalue weighted by molar-refractivity contribution is 0.000902. The predicted molar refractivity (Wildman–Crippen MR) is 87.0 cm³/mol. The highest BCUT2D eigenvalue weighted by Gasteiger charge is 2.20. The molecule has 0 amide bonds. The van der Waals surface area contributed by atoms with E-state index in [0.717, 1.165) is 55.5 Å². The molecule has 5 heteroatoms. The summed E-state index contributed by atoms with van der Waals surface area (Å²) in [7, 11) is 2.06. The van der Waals surface area contributed by atoms with E-state index >= 15 is 0 Å². The highest BCUT2D eigenvalue weighted by Crippen LogP contribution is 2.29. The second-order valence-electron chi connectivity index (χ2n) is 6.71. The molecule has 0 saturated carbocycles. The topological polar surface area (TPSA) is 51.6 Å². The Balaban J connectivity index is 1.54. The smallest absolute Gasteiger partial charge is 0.139 e. The molecule has 126 valence electrons. The van der Waals surface area contributed by atoms with Crippen LogP contribution in [0.1, 0.15) is 68.1 Å². The van der Waals surface area contributed by atoms with E-state index in [1.807, 2.05) is 18.2 Å². The lowest BCUT2D eigenvalue weighted by atomic mass is 10.1. The first-order valence-electron chi connectivity index (χ1n) is 8.46. The van der Waals surface area contributed by atoms with Crippen molar-refractivity contribution in [3.8, 4) is 0 Å². The minimum absolute atomic E-state index is 0.131. The van der Waals surface area contributed by atoms with Crippen LogP contribution < -0.4 is 0 Å². The van der Waals surface area contributed by atoms with Crippen molar-refractivity contribution < 1.29 is 13.7 Å². The van der Waals surface area contributed by atoms with Crippen molar-refractivity contribution in [1.29, 1.82) is 0 Å². The number of hydrogen-bond acceptors (Lipinski definition) is 5. The molecular weight excluding hydrogens is 292 g/mol. The van der Waals surface area contributed by atoms with E-state index in [0.29, 0.717) is 5.92 Å². The molecule has 0 radical (unpaired) electrons. The van der Waals surface area contributed by atoms with Gasteiger partial charge in [0.15, 0.2) is 0 Å². The maximum atomic E-state index is 5.96. The van der Waals surface area contributed by atoms with Gasteiger partial charge in [-0.15, -0.1) is 0 Å². The summed E-state index contributed by atoms with van der Waals surface area (Å²) in [6.45, 7) is 6.53. The molecule has 2 aromatic rings. The Morgan fingerprint density at radius 3 is 2.83 bits per heavy atom. The third-order valence-electron chi connectivity index (χ3n) is 4.18. The van der Waals surface area contributed by atoms with Crippen LogP contribution in [0.4, 0.5) is 0 Å². The minimum atomic E-state index is 0.131. The van der Waals surface area contributed by atoms with Crippen LogP contribution in [0.5, 0.6) is 0 Å². The maximum Gasteiger partial charge on any atom is 0.139 e. The van der Waals surface area contributed by atoms with Gasteiger partial charge in [0.05, 0.1) is 12.2 Å². The molecule has 5 nitrogen and oxygen atoms in total. The molecule has 1 saturated heterocycles. The summed E-state index contributed by atoms with van der Waals surface area (Å²) in [6.07, 6.45) is 3.56. The van der Waals surface area contributed by atoms with Crippen molar-refractivity contribution in [2.45, 2.75) is 58.2 Å². The van der Waals surface area contributed by atoms with E-state index in [4.69, 9.17) is 13.7 Å². The van der Waals surface area contributed by atoms with Crippen LogP contribution >= 0.6 is 0 Å². The molecule has 0 bridgehead atoms. The normalized spacial score (nSPS) is 18.9. The second kappa shape index (κ2) is 7.32. The van der Waals surface area contributed by atoms with E-state index in [2.05, 4.69) is 31.0 Å². The van der Waals surface area contributed by atoms with Crippen LogP contribution in [-0.4, -0.2) is 23.7 Å². The first-order valence-corrected chi connectivity index (χ1v) is 8.46. The van der Waals surface area contributed by atoms with Crippen LogP contribution in [0.25, 0.3) is 0 Å². The van der Waals surface area contributed by atoms with Gasteiger partial charge >= 0.3 is 0 Å². The van der Waals surface area contributed by atoms with E-state index in [9.17, 15) is 0 Å². The Labute approximate surface area is 137 Å². The molecule has 3 heterocycles. The summed E-state index contributed by atoms with van der Waals surface area (Å²) in [5.74, 6) is 3.22. The van der Waals surface area contributed by atoms with Gasteiger partial charge in [-0.05, 0) is 38.4 Å². The van der Waals surface area contributed by atoms with Crippen molar-refractivity contribution in [3.63, 3.8) is 0 Å². The Hall–Kier alpha value is -1.59. The zero-order valence-corrected chi connectivity index (χ0v) is 14.2. The first-order chi connectivity index (χ1) is 11.1. The number of rotatable bonds is 6. The molecule has 1 aliphatic heterocycles. The standard InChI is InChI=1S/C18H26N2O3/c1-13(2)18-10-14(19-23-18)11-20(3)12-15-7-8-17(22-15)16-6-4-5-9-21-16/h7-8,10,13,16H,4-6,9,11-12H2,1-3H3/t16-/m1/s1. The second-order valence-corrected chi connectivity index (χ2v) is 6.71. The van der Waals surface area contributed by atoms with Gasteiger partial charge in [0.2, 0.25) is 0 Å². The Morgan fingerprint density at radius 2 is 2.13 bits per heavy atom. The zero-order chi connectivity index (χ0) is 16.2. The molecule has 0 aromatic carbocycles. The van der Waals surface area contributed by atoms with Gasteiger partial charge in [0.1, 0.15) is 23.4 Å². The van der Waals surface area contributed by atoms with Crippen molar-refractivity contribution in [2.75, 3.05) is 13.7 Å². The number of hydrogen-bond donors (Lipinski definition) is 0. The molecule has 3 rings (SSSR count). The highest BCUT2D eigenvalue weighted by atomic mass is 16.5. The highest BCUT2D eigenvalue weighted by molar-refractivity contribution is 5.11. The SMILES string of the molecule is CC(C)c1cc(CN(C)Cc2ccc([C@H]3CCCCO3)o2)no1. The van der Waals surface area contributed by atoms with Gasteiger partial charge in [0.25, 0.3) is 0 Å². The molecule has 2 aromatic heterocycles. The van der Waals surface area contributed by atoms with Gasteiger partial charge in [-0.1, -0.05) is 19.0 Å². The lowest BCUT2D eigenvalue weighted by Gasteiger charge is -2.20. The Kier molecular flexibility index (Phi) is 5.18. The fourth-order valence-electron chi connectivity index (χ4n) is 2.89. The van der Waals surface area contributed by atoms with Gasteiger partial charge in [0, 0.05) is 25.1 Å². The molecule has 0 unspecified atom stereocenters. The van der Waals surface area contributed by atoms with E-state index in [1.165, 1.54) is 6.42 Å². The average molecular weight is 318 g/mol. The molecule has 0 aliphatic carbocycles. The van der Waals surface area contributed by atoms with Gasteiger partial charge in [-0.2, -0.15) is 0 Å². The number of aromatic nitrogens is 1. The number of furan rings is 1. The molecular formula is C18H26N2O3. The average Bonchev–Trinajstić information content (AvgIpc) is 3.18. The molecule has 1 aliphatic rings. The van der Waals surface area contributed by atoms with Gasteiger partial charge < -0.3 is 13.7 Å². The summed E-state index contributed by atoms with van der Waals surface area (Å²) in [6, 6.07) is 6.13. The van der Waals surface area contributed by atoms with Gasteiger partial charge in [-0.3, -0.25) is 4.90 Å². The van der Waals surface area contributed by atoms with Crippen LogP contribution in [0.3, 0.4) is 0 Å². The van der Waals surface area contributed by atoms with Crippen molar-refractivity contribution in [2.24, 2.45) is 0 Å².